The largest absolute Gasteiger partial charge is 0.386 e. The first-order valence-electron chi connectivity index (χ1n) is 6.89. The quantitative estimate of drug-likeness (QED) is 0.881. The van der Waals surface area contributed by atoms with Crippen LogP contribution in [0.4, 0.5) is 0 Å². The highest BCUT2D eigenvalue weighted by molar-refractivity contribution is 5.35. The Hall–Kier alpha value is -0.860. The smallest absolute Gasteiger partial charge is 0.105 e. The van der Waals surface area contributed by atoms with Gasteiger partial charge >= 0.3 is 0 Å². The highest BCUT2D eigenvalue weighted by atomic mass is 16.5. The first-order valence-corrected chi connectivity index (χ1v) is 6.89. The van der Waals surface area contributed by atoms with Crippen molar-refractivity contribution >= 4 is 0 Å². The van der Waals surface area contributed by atoms with Gasteiger partial charge in [-0.25, -0.2) is 0 Å². The van der Waals surface area contributed by atoms with Gasteiger partial charge in [-0.05, 0) is 43.7 Å². The van der Waals surface area contributed by atoms with Gasteiger partial charge in [0.15, 0.2) is 0 Å². The molecule has 2 rings (SSSR count). The lowest BCUT2D eigenvalue weighted by atomic mass is 9.80. The van der Waals surface area contributed by atoms with E-state index in [2.05, 4.69) is 33.8 Å². The number of hydrogen-bond donors (Lipinski definition) is 1. The van der Waals surface area contributed by atoms with Crippen molar-refractivity contribution in [2.75, 3.05) is 0 Å². The van der Waals surface area contributed by atoms with Gasteiger partial charge in [-0.2, -0.15) is 0 Å². The molecule has 0 amide bonds. The maximum atomic E-state index is 10.5. The molecule has 2 nitrogen and oxygen atoms in total. The van der Waals surface area contributed by atoms with Gasteiger partial charge < -0.3 is 9.84 Å². The standard InChI is InChI=1S/C16H24O2/c1-5-16(3,4)18-14-10-11(2)12-8-6-7-9-13(12)15(14)17/h6-9,11,14-15,17H,5,10H2,1-4H3. The molecule has 1 aliphatic rings. The van der Waals surface area contributed by atoms with Crippen molar-refractivity contribution in [1.82, 2.24) is 0 Å². The van der Waals surface area contributed by atoms with Gasteiger partial charge in [0.2, 0.25) is 0 Å². The number of aliphatic hydroxyl groups is 1. The second-order valence-corrected chi connectivity index (χ2v) is 5.98. The summed E-state index contributed by atoms with van der Waals surface area (Å²) in [7, 11) is 0. The van der Waals surface area contributed by atoms with E-state index in [0.29, 0.717) is 5.92 Å². The van der Waals surface area contributed by atoms with E-state index in [1.165, 1.54) is 5.56 Å². The third kappa shape index (κ3) is 2.60. The van der Waals surface area contributed by atoms with Crippen LogP contribution >= 0.6 is 0 Å². The highest BCUT2D eigenvalue weighted by Crippen LogP contribution is 2.40. The van der Waals surface area contributed by atoms with Crippen molar-refractivity contribution in [3.8, 4) is 0 Å². The molecule has 0 bridgehead atoms. The van der Waals surface area contributed by atoms with Crippen LogP contribution < -0.4 is 0 Å². The Morgan fingerprint density at radius 1 is 1.28 bits per heavy atom. The third-order valence-corrected chi connectivity index (χ3v) is 4.11. The second kappa shape index (κ2) is 5.02. The van der Waals surface area contributed by atoms with Crippen molar-refractivity contribution in [3.05, 3.63) is 35.4 Å². The topological polar surface area (TPSA) is 29.5 Å². The fraction of sp³-hybridized carbons (Fsp3) is 0.625. The van der Waals surface area contributed by atoms with Crippen LogP contribution in [-0.2, 0) is 4.74 Å². The summed E-state index contributed by atoms with van der Waals surface area (Å²) in [6.07, 6.45) is 1.25. The van der Waals surface area contributed by atoms with E-state index in [1.807, 2.05) is 18.2 Å². The number of benzene rings is 1. The zero-order valence-electron chi connectivity index (χ0n) is 11.8. The molecule has 0 radical (unpaired) electrons. The summed E-state index contributed by atoms with van der Waals surface area (Å²) in [4.78, 5) is 0. The first-order chi connectivity index (χ1) is 8.44. The van der Waals surface area contributed by atoms with Gasteiger partial charge in [0, 0.05) is 0 Å². The van der Waals surface area contributed by atoms with Crippen LogP contribution in [0.15, 0.2) is 24.3 Å². The van der Waals surface area contributed by atoms with Crippen molar-refractivity contribution in [1.29, 1.82) is 0 Å². The number of aliphatic hydroxyl groups excluding tert-OH is 1. The zero-order valence-corrected chi connectivity index (χ0v) is 11.8. The van der Waals surface area contributed by atoms with E-state index in [9.17, 15) is 5.11 Å². The molecule has 3 unspecified atom stereocenters. The minimum atomic E-state index is -0.497. The normalized spacial score (nSPS) is 27.9. The lowest BCUT2D eigenvalue weighted by Crippen LogP contribution is -2.37. The summed E-state index contributed by atoms with van der Waals surface area (Å²) in [6, 6.07) is 8.16. The van der Waals surface area contributed by atoms with Crippen LogP contribution in [0, 0.1) is 0 Å². The zero-order chi connectivity index (χ0) is 13.3. The Labute approximate surface area is 110 Å². The van der Waals surface area contributed by atoms with Gasteiger partial charge in [0.1, 0.15) is 6.10 Å². The van der Waals surface area contributed by atoms with Crippen molar-refractivity contribution in [2.24, 2.45) is 0 Å². The lowest BCUT2D eigenvalue weighted by molar-refractivity contribution is -0.130. The molecule has 1 N–H and O–H groups in total. The van der Waals surface area contributed by atoms with Gasteiger partial charge in [-0.1, -0.05) is 38.1 Å². The molecule has 0 saturated heterocycles. The average Bonchev–Trinajstić information content (AvgIpc) is 2.35. The van der Waals surface area contributed by atoms with Gasteiger partial charge in [-0.3, -0.25) is 0 Å². The summed E-state index contributed by atoms with van der Waals surface area (Å²) in [5.74, 6) is 0.447. The number of hydrogen-bond acceptors (Lipinski definition) is 2. The number of ether oxygens (including phenoxy) is 1. The van der Waals surface area contributed by atoms with E-state index in [0.717, 1.165) is 18.4 Å². The molecule has 1 aliphatic carbocycles. The first kappa shape index (κ1) is 13.6. The maximum absolute atomic E-state index is 10.5. The van der Waals surface area contributed by atoms with Crippen LogP contribution in [0.2, 0.25) is 0 Å². The van der Waals surface area contributed by atoms with Gasteiger partial charge in [0.25, 0.3) is 0 Å². The fourth-order valence-electron chi connectivity index (χ4n) is 2.64. The Morgan fingerprint density at radius 3 is 2.50 bits per heavy atom. The molecule has 0 aromatic heterocycles. The number of fused-ring (bicyclic) bond motifs is 1. The molecule has 100 valence electrons. The Kier molecular flexibility index (Phi) is 3.79. The van der Waals surface area contributed by atoms with Crippen molar-refractivity contribution < 1.29 is 9.84 Å². The molecular weight excluding hydrogens is 224 g/mol. The Morgan fingerprint density at radius 2 is 1.89 bits per heavy atom. The monoisotopic (exact) mass is 248 g/mol. The van der Waals surface area contributed by atoms with E-state index >= 15 is 0 Å². The Bertz CT molecular complexity index is 411. The predicted molar refractivity (Wildman–Crippen MR) is 73.7 cm³/mol. The van der Waals surface area contributed by atoms with Crippen molar-refractivity contribution in [2.45, 2.75) is 64.3 Å². The molecule has 0 heterocycles. The van der Waals surface area contributed by atoms with Crippen molar-refractivity contribution in [3.63, 3.8) is 0 Å². The van der Waals surface area contributed by atoms with E-state index in [-0.39, 0.29) is 11.7 Å². The molecule has 0 spiro atoms. The van der Waals surface area contributed by atoms with Crippen LogP contribution in [0.1, 0.15) is 63.7 Å². The molecule has 1 aromatic carbocycles. The van der Waals surface area contributed by atoms with Crippen LogP contribution in [0.25, 0.3) is 0 Å². The minimum Gasteiger partial charge on any atom is -0.386 e. The van der Waals surface area contributed by atoms with Gasteiger partial charge in [0.05, 0.1) is 11.7 Å². The molecule has 0 aliphatic heterocycles. The summed E-state index contributed by atoms with van der Waals surface area (Å²) in [5, 5.41) is 10.5. The van der Waals surface area contributed by atoms with Crippen LogP contribution in [0.3, 0.4) is 0 Å². The van der Waals surface area contributed by atoms with E-state index in [1.54, 1.807) is 0 Å². The SMILES string of the molecule is CCC(C)(C)OC1CC(C)c2ccccc2C1O. The second-order valence-electron chi connectivity index (χ2n) is 5.98. The lowest BCUT2D eigenvalue weighted by Gasteiger charge is -2.38. The summed E-state index contributed by atoms with van der Waals surface area (Å²) in [5.41, 5.74) is 2.13. The minimum absolute atomic E-state index is 0.0927. The molecule has 0 saturated carbocycles. The van der Waals surface area contributed by atoms with Gasteiger partial charge in [-0.15, -0.1) is 0 Å². The summed E-state index contributed by atoms with van der Waals surface area (Å²) in [6.45, 7) is 8.50. The molecule has 0 fully saturated rings. The molecule has 3 atom stereocenters. The van der Waals surface area contributed by atoms with E-state index < -0.39 is 6.10 Å². The van der Waals surface area contributed by atoms with Crippen LogP contribution in [0.5, 0.6) is 0 Å². The molecule has 18 heavy (non-hydrogen) atoms. The Balaban J connectivity index is 2.23. The molecule has 1 aromatic rings. The summed E-state index contributed by atoms with van der Waals surface area (Å²) < 4.78 is 6.12. The predicted octanol–water partition coefficient (Wildman–Crippen LogP) is 3.80. The molecular formula is C16H24O2. The average molecular weight is 248 g/mol. The van der Waals surface area contributed by atoms with Crippen LogP contribution in [-0.4, -0.2) is 16.8 Å². The maximum Gasteiger partial charge on any atom is 0.105 e. The highest BCUT2D eigenvalue weighted by Gasteiger charge is 2.35. The van der Waals surface area contributed by atoms with E-state index in [4.69, 9.17) is 4.74 Å². The molecule has 2 heteroatoms. The fourth-order valence-corrected chi connectivity index (χ4v) is 2.64. The number of rotatable bonds is 3. The third-order valence-electron chi connectivity index (χ3n) is 4.11. The summed E-state index contributed by atoms with van der Waals surface area (Å²) >= 11 is 0.